The molecule has 0 amide bonds. The molecule has 2 aromatic rings. The lowest BCUT2D eigenvalue weighted by Gasteiger charge is -2.13. The number of para-hydroxylation sites is 1. The molecule has 0 heterocycles. The number of hydrogen-bond acceptors (Lipinski definition) is 5. The van der Waals surface area contributed by atoms with E-state index in [2.05, 4.69) is 0 Å². The minimum atomic E-state index is -0.337. The number of methoxy groups -OCH3 is 2. The Bertz CT molecular complexity index is 695. The highest BCUT2D eigenvalue weighted by molar-refractivity contribution is 6.16. The maximum atomic E-state index is 12.6. The Morgan fingerprint density at radius 1 is 1.05 bits per heavy atom. The summed E-state index contributed by atoms with van der Waals surface area (Å²) in [5.74, 6) is 0.279. The summed E-state index contributed by atoms with van der Waals surface area (Å²) in [6.07, 6.45) is 0.577. The third-order valence-electron chi connectivity index (χ3n) is 3.15. The van der Waals surface area contributed by atoms with E-state index in [0.717, 1.165) is 0 Å². The fourth-order valence-electron chi connectivity index (χ4n) is 2.11. The molecule has 0 fully saturated rings. The first-order chi connectivity index (χ1) is 10.1. The predicted molar refractivity (Wildman–Crippen MR) is 79.2 cm³/mol. The minimum absolute atomic E-state index is 0.144. The summed E-state index contributed by atoms with van der Waals surface area (Å²) in [5, 5.41) is 0. The van der Waals surface area contributed by atoms with Crippen molar-refractivity contribution < 1.29 is 19.1 Å². The molecule has 0 spiro atoms. The number of aldehydes is 1. The first-order valence-electron chi connectivity index (χ1n) is 6.23. The van der Waals surface area contributed by atoms with Crippen LogP contribution >= 0.6 is 0 Å². The molecule has 0 saturated carbocycles. The second-order valence-electron chi connectivity index (χ2n) is 4.30. The monoisotopic (exact) mass is 285 g/mol. The smallest absolute Gasteiger partial charge is 0.195 e. The third kappa shape index (κ3) is 2.58. The number of carbonyl (C=O) groups excluding carboxylic acids is 2. The van der Waals surface area contributed by atoms with Crippen LogP contribution in [-0.4, -0.2) is 26.3 Å². The van der Waals surface area contributed by atoms with Gasteiger partial charge in [0.05, 0.1) is 19.8 Å². The van der Waals surface area contributed by atoms with Gasteiger partial charge in [-0.05, 0) is 24.3 Å². The lowest BCUT2D eigenvalue weighted by atomic mass is 9.97. The Morgan fingerprint density at radius 3 is 2.33 bits per heavy atom. The van der Waals surface area contributed by atoms with Crippen LogP contribution in [-0.2, 0) is 0 Å². The van der Waals surface area contributed by atoms with E-state index in [1.54, 1.807) is 30.3 Å². The molecular formula is C16H15NO4. The summed E-state index contributed by atoms with van der Waals surface area (Å²) in [7, 11) is 2.87. The summed E-state index contributed by atoms with van der Waals surface area (Å²) >= 11 is 0. The Kier molecular flexibility index (Phi) is 4.23. The molecule has 0 bridgehead atoms. The quantitative estimate of drug-likeness (QED) is 0.518. The standard InChI is InChI=1S/C16H15NO4/c1-20-14-8-7-10(12(9-18)16(14)21-2)15(19)11-5-3-4-6-13(11)17/h3-9H,17H2,1-2H3. The molecule has 5 nitrogen and oxygen atoms in total. The fourth-order valence-corrected chi connectivity index (χ4v) is 2.11. The van der Waals surface area contributed by atoms with Gasteiger partial charge in [-0.2, -0.15) is 0 Å². The SMILES string of the molecule is COc1ccc(C(=O)c2ccccc2N)c(C=O)c1OC. The van der Waals surface area contributed by atoms with E-state index in [1.165, 1.54) is 20.3 Å². The molecule has 2 rings (SSSR count). The van der Waals surface area contributed by atoms with E-state index in [-0.39, 0.29) is 22.7 Å². The summed E-state index contributed by atoms with van der Waals surface area (Å²) in [6, 6.07) is 9.81. The molecule has 5 heteroatoms. The van der Waals surface area contributed by atoms with Crippen molar-refractivity contribution in [3.63, 3.8) is 0 Å². The molecular weight excluding hydrogens is 270 g/mol. The summed E-state index contributed by atoms with van der Waals surface area (Å²) in [5.41, 5.74) is 6.87. The highest BCUT2D eigenvalue weighted by atomic mass is 16.5. The van der Waals surface area contributed by atoms with E-state index in [9.17, 15) is 9.59 Å². The van der Waals surface area contributed by atoms with Crippen LogP contribution < -0.4 is 15.2 Å². The van der Waals surface area contributed by atoms with Gasteiger partial charge in [0, 0.05) is 16.8 Å². The van der Waals surface area contributed by atoms with E-state index in [4.69, 9.17) is 15.2 Å². The number of anilines is 1. The molecule has 108 valence electrons. The molecule has 2 aromatic carbocycles. The maximum Gasteiger partial charge on any atom is 0.195 e. The zero-order chi connectivity index (χ0) is 15.4. The number of rotatable bonds is 5. The lowest BCUT2D eigenvalue weighted by Crippen LogP contribution is -2.09. The van der Waals surface area contributed by atoms with Crippen molar-refractivity contribution in [3.8, 4) is 11.5 Å². The van der Waals surface area contributed by atoms with E-state index >= 15 is 0 Å². The second kappa shape index (κ2) is 6.09. The first kappa shape index (κ1) is 14.6. The van der Waals surface area contributed by atoms with Crippen LogP contribution in [0.4, 0.5) is 5.69 Å². The topological polar surface area (TPSA) is 78.6 Å². The van der Waals surface area contributed by atoms with Crippen LogP contribution in [0.5, 0.6) is 11.5 Å². The van der Waals surface area contributed by atoms with Gasteiger partial charge in [0.2, 0.25) is 0 Å². The number of ether oxygens (including phenoxy) is 2. The summed E-state index contributed by atoms with van der Waals surface area (Å²) in [4.78, 5) is 24.0. The Hall–Kier alpha value is -2.82. The normalized spacial score (nSPS) is 10.0. The molecule has 21 heavy (non-hydrogen) atoms. The Labute approximate surface area is 122 Å². The van der Waals surface area contributed by atoms with Crippen molar-refractivity contribution in [2.45, 2.75) is 0 Å². The number of hydrogen-bond donors (Lipinski definition) is 1. The maximum absolute atomic E-state index is 12.6. The average molecular weight is 285 g/mol. The van der Waals surface area contributed by atoms with Crippen LogP contribution in [0.2, 0.25) is 0 Å². The lowest BCUT2D eigenvalue weighted by molar-refractivity contribution is 0.102. The van der Waals surface area contributed by atoms with Gasteiger partial charge in [0.25, 0.3) is 0 Å². The van der Waals surface area contributed by atoms with Crippen LogP contribution in [0.1, 0.15) is 26.3 Å². The van der Waals surface area contributed by atoms with Crippen molar-refractivity contribution in [3.05, 3.63) is 53.1 Å². The zero-order valence-electron chi connectivity index (χ0n) is 11.8. The van der Waals surface area contributed by atoms with Crippen molar-refractivity contribution >= 4 is 17.8 Å². The summed E-state index contributed by atoms with van der Waals surface area (Å²) in [6.45, 7) is 0. The van der Waals surface area contributed by atoms with Crippen molar-refractivity contribution in [2.75, 3.05) is 20.0 Å². The number of nitrogens with two attached hydrogens (primary N) is 1. The van der Waals surface area contributed by atoms with Crippen LogP contribution in [0.25, 0.3) is 0 Å². The molecule has 2 N–H and O–H groups in total. The number of nitrogen functional groups attached to an aromatic ring is 1. The molecule has 0 unspecified atom stereocenters. The average Bonchev–Trinajstić information content (AvgIpc) is 2.52. The first-order valence-corrected chi connectivity index (χ1v) is 6.23. The molecule has 0 aliphatic heterocycles. The minimum Gasteiger partial charge on any atom is -0.493 e. The third-order valence-corrected chi connectivity index (χ3v) is 3.15. The molecule has 0 aliphatic rings. The van der Waals surface area contributed by atoms with Gasteiger partial charge < -0.3 is 15.2 Å². The largest absolute Gasteiger partial charge is 0.493 e. The van der Waals surface area contributed by atoms with Crippen LogP contribution in [0, 0.1) is 0 Å². The molecule has 0 aromatic heterocycles. The van der Waals surface area contributed by atoms with Gasteiger partial charge in [-0.1, -0.05) is 12.1 Å². The van der Waals surface area contributed by atoms with E-state index in [0.29, 0.717) is 23.3 Å². The van der Waals surface area contributed by atoms with Gasteiger partial charge >= 0.3 is 0 Å². The van der Waals surface area contributed by atoms with E-state index < -0.39 is 0 Å². The fraction of sp³-hybridized carbons (Fsp3) is 0.125. The van der Waals surface area contributed by atoms with Gasteiger partial charge in [-0.25, -0.2) is 0 Å². The molecule has 0 aliphatic carbocycles. The molecule has 0 saturated heterocycles. The highest BCUT2D eigenvalue weighted by Crippen LogP contribution is 2.33. The predicted octanol–water partition coefficient (Wildman–Crippen LogP) is 2.33. The van der Waals surface area contributed by atoms with Gasteiger partial charge in [0.15, 0.2) is 23.6 Å². The van der Waals surface area contributed by atoms with Crippen molar-refractivity contribution in [1.29, 1.82) is 0 Å². The number of ketones is 1. The van der Waals surface area contributed by atoms with Crippen molar-refractivity contribution in [1.82, 2.24) is 0 Å². The molecule has 0 atom stereocenters. The van der Waals surface area contributed by atoms with Crippen LogP contribution in [0.15, 0.2) is 36.4 Å². The van der Waals surface area contributed by atoms with Gasteiger partial charge in [0.1, 0.15) is 0 Å². The Morgan fingerprint density at radius 2 is 1.76 bits per heavy atom. The number of carbonyl (C=O) groups is 2. The van der Waals surface area contributed by atoms with Crippen molar-refractivity contribution in [2.24, 2.45) is 0 Å². The van der Waals surface area contributed by atoms with Gasteiger partial charge in [-0.3, -0.25) is 9.59 Å². The Balaban J connectivity index is 2.62. The molecule has 0 radical (unpaired) electrons. The van der Waals surface area contributed by atoms with Gasteiger partial charge in [-0.15, -0.1) is 0 Å². The summed E-state index contributed by atoms with van der Waals surface area (Å²) < 4.78 is 10.3. The van der Waals surface area contributed by atoms with E-state index in [1.807, 2.05) is 0 Å². The zero-order valence-corrected chi connectivity index (χ0v) is 11.8. The van der Waals surface area contributed by atoms with Crippen LogP contribution in [0.3, 0.4) is 0 Å². The second-order valence-corrected chi connectivity index (χ2v) is 4.30. The number of benzene rings is 2. The highest BCUT2D eigenvalue weighted by Gasteiger charge is 2.21.